The summed E-state index contributed by atoms with van der Waals surface area (Å²) < 4.78 is 31.5. The summed E-state index contributed by atoms with van der Waals surface area (Å²) in [7, 11) is -0.892. The molecule has 0 aliphatic carbocycles. The molecule has 132 valence electrons. The fraction of sp³-hybridized carbons (Fsp3) is 0.438. The Morgan fingerprint density at radius 2 is 2.21 bits per heavy atom. The Kier molecular flexibility index (Phi) is 5.98. The lowest BCUT2D eigenvalue weighted by atomic mass is 10.1. The highest BCUT2D eigenvalue weighted by atomic mass is 32.2. The average molecular weight is 353 g/mol. The Morgan fingerprint density at radius 3 is 2.83 bits per heavy atom. The second kappa shape index (κ2) is 7.78. The highest BCUT2D eigenvalue weighted by Crippen LogP contribution is 2.25. The molecule has 0 radical (unpaired) electrons. The molecule has 1 aromatic rings. The standard InChI is InChI=1S/C16H23N3O4S/c1-12-11-18-8-9-19(12)16(20)7-5-13-4-6-14(23-3)15(10-13)24(21,22)17-2/h4-7,10,12,17-18H,8-9,11H2,1-3H3/b7-5+. The molecule has 1 heterocycles. The van der Waals surface area contributed by atoms with Gasteiger partial charge in [-0.25, -0.2) is 13.1 Å². The van der Waals surface area contributed by atoms with E-state index in [-0.39, 0.29) is 22.6 Å². The second-order valence-electron chi connectivity index (χ2n) is 5.54. The minimum atomic E-state index is -3.64. The maximum absolute atomic E-state index is 12.3. The van der Waals surface area contributed by atoms with Crippen molar-refractivity contribution in [2.75, 3.05) is 33.8 Å². The number of nitrogens with one attached hydrogen (secondary N) is 2. The number of methoxy groups -OCH3 is 1. The predicted octanol–water partition coefficient (Wildman–Crippen LogP) is 0.437. The Bertz CT molecular complexity index is 731. The molecule has 0 aromatic heterocycles. The number of hydrogen-bond acceptors (Lipinski definition) is 5. The largest absolute Gasteiger partial charge is 0.495 e. The smallest absolute Gasteiger partial charge is 0.246 e. The van der Waals surface area contributed by atoms with E-state index in [1.807, 2.05) is 6.92 Å². The van der Waals surface area contributed by atoms with E-state index in [1.165, 1.54) is 26.3 Å². The molecule has 2 rings (SSSR count). The maximum atomic E-state index is 12.3. The van der Waals surface area contributed by atoms with Gasteiger partial charge in [0.2, 0.25) is 15.9 Å². The van der Waals surface area contributed by atoms with E-state index in [4.69, 9.17) is 4.74 Å². The van der Waals surface area contributed by atoms with Crippen molar-refractivity contribution in [1.82, 2.24) is 14.9 Å². The van der Waals surface area contributed by atoms with Crippen LogP contribution in [0.15, 0.2) is 29.2 Å². The van der Waals surface area contributed by atoms with Gasteiger partial charge in [0, 0.05) is 31.8 Å². The van der Waals surface area contributed by atoms with Crippen LogP contribution in [0.4, 0.5) is 0 Å². The summed E-state index contributed by atoms with van der Waals surface area (Å²) in [6, 6.07) is 4.89. The summed E-state index contributed by atoms with van der Waals surface area (Å²) in [6.07, 6.45) is 3.09. The zero-order valence-corrected chi connectivity index (χ0v) is 14.9. The van der Waals surface area contributed by atoms with Crippen LogP contribution in [0.25, 0.3) is 6.08 Å². The van der Waals surface area contributed by atoms with Crippen LogP contribution < -0.4 is 14.8 Å². The monoisotopic (exact) mass is 353 g/mol. The zero-order valence-electron chi connectivity index (χ0n) is 14.1. The Morgan fingerprint density at radius 1 is 1.46 bits per heavy atom. The molecule has 1 unspecified atom stereocenters. The topological polar surface area (TPSA) is 87.7 Å². The van der Waals surface area contributed by atoms with Crippen LogP contribution in [0.1, 0.15) is 12.5 Å². The van der Waals surface area contributed by atoms with E-state index in [2.05, 4.69) is 10.0 Å². The summed E-state index contributed by atoms with van der Waals surface area (Å²) >= 11 is 0. The third-order valence-corrected chi connectivity index (χ3v) is 5.38. The molecule has 1 fully saturated rings. The molecule has 1 aliphatic rings. The van der Waals surface area contributed by atoms with Crippen LogP contribution in [0.5, 0.6) is 5.75 Å². The van der Waals surface area contributed by atoms with Gasteiger partial charge in [0.25, 0.3) is 0 Å². The lowest BCUT2D eigenvalue weighted by Crippen LogP contribution is -2.51. The SMILES string of the molecule is CNS(=O)(=O)c1cc(/C=C/C(=O)N2CCNCC2C)ccc1OC. The third kappa shape index (κ3) is 4.14. The molecule has 24 heavy (non-hydrogen) atoms. The van der Waals surface area contributed by atoms with Crippen molar-refractivity contribution in [2.45, 2.75) is 17.9 Å². The normalized spacial score (nSPS) is 18.8. The summed E-state index contributed by atoms with van der Waals surface area (Å²) in [4.78, 5) is 14.1. The first kappa shape index (κ1) is 18.4. The summed E-state index contributed by atoms with van der Waals surface area (Å²) in [6.45, 7) is 4.19. The Labute approximate surface area is 142 Å². The van der Waals surface area contributed by atoms with Crippen LogP contribution in [-0.2, 0) is 14.8 Å². The first-order valence-corrected chi connectivity index (χ1v) is 9.18. The van der Waals surface area contributed by atoms with Crippen LogP contribution in [0.3, 0.4) is 0 Å². The van der Waals surface area contributed by atoms with E-state index in [0.717, 1.165) is 13.1 Å². The number of sulfonamides is 1. The molecule has 1 amide bonds. The molecule has 8 heteroatoms. The number of carbonyl (C=O) groups is 1. The first-order chi connectivity index (χ1) is 11.4. The van der Waals surface area contributed by atoms with Gasteiger partial charge < -0.3 is 15.0 Å². The van der Waals surface area contributed by atoms with Gasteiger partial charge in [-0.2, -0.15) is 0 Å². The molecule has 1 aromatic carbocycles. The van der Waals surface area contributed by atoms with Gasteiger partial charge in [0.1, 0.15) is 10.6 Å². The van der Waals surface area contributed by atoms with Crippen LogP contribution >= 0.6 is 0 Å². The molecule has 1 atom stereocenters. The van der Waals surface area contributed by atoms with Gasteiger partial charge in [0.15, 0.2) is 0 Å². The van der Waals surface area contributed by atoms with Crippen molar-refractivity contribution in [3.05, 3.63) is 29.8 Å². The third-order valence-electron chi connectivity index (χ3n) is 3.95. The fourth-order valence-electron chi connectivity index (χ4n) is 2.55. The fourth-order valence-corrected chi connectivity index (χ4v) is 3.48. The molecular formula is C16H23N3O4S. The Balaban J connectivity index is 2.23. The quantitative estimate of drug-likeness (QED) is 0.750. The molecule has 7 nitrogen and oxygen atoms in total. The molecule has 0 spiro atoms. The number of benzene rings is 1. The summed E-state index contributed by atoms with van der Waals surface area (Å²) in [5, 5.41) is 3.23. The molecule has 1 saturated heterocycles. The van der Waals surface area contributed by atoms with Gasteiger partial charge in [-0.1, -0.05) is 6.07 Å². The zero-order chi connectivity index (χ0) is 17.7. The van der Waals surface area contributed by atoms with Gasteiger partial charge in [-0.15, -0.1) is 0 Å². The molecule has 1 aliphatic heterocycles. The van der Waals surface area contributed by atoms with Gasteiger partial charge in [0.05, 0.1) is 7.11 Å². The number of hydrogen-bond donors (Lipinski definition) is 2. The van der Waals surface area contributed by atoms with E-state index in [0.29, 0.717) is 12.1 Å². The maximum Gasteiger partial charge on any atom is 0.246 e. The number of rotatable bonds is 5. The van der Waals surface area contributed by atoms with Gasteiger partial charge in [-0.05, 0) is 37.7 Å². The minimum Gasteiger partial charge on any atom is -0.495 e. The number of nitrogens with zero attached hydrogens (tertiary/aromatic N) is 1. The number of ether oxygens (including phenoxy) is 1. The van der Waals surface area contributed by atoms with E-state index in [9.17, 15) is 13.2 Å². The van der Waals surface area contributed by atoms with Crippen molar-refractivity contribution >= 4 is 22.0 Å². The number of piperazine rings is 1. The highest BCUT2D eigenvalue weighted by molar-refractivity contribution is 7.89. The van der Waals surface area contributed by atoms with Crippen molar-refractivity contribution < 1.29 is 17.9 Å². The lowest BCUT2D eigenvalue weighted by Gasteiger charge is -2.33. The van der Waals surface area contributed by atoms with Crippen molar-refractivity contribution in [3.63, 3.8) is 0 Å². The van der Waals surface area contributed by atoms with Gasteiger partial charge >= 0.3 is 0 Å². The van der Waals surface area contributed by atoms with Crippen LogP contribution in [0.2, 0.25) is 0 Å². The highest BCUT2D eigenvalue weighted by Gasteiger charge is 2.21. The number of amides is 1. The summed E-state index contributed by atoms with van der Waals surface area (Å²) in [5.41, 5.74) is 0.612. The molecular weight excluding hydrogens is 330 g/mol. The lowest BCUT2D eigenvalue weighted by molar-refractivity contribution is -0.128. The van der Waals surface area contributed by atoms with Crippen molar-refractivity contribution in [1.29, 1.82) is 0 Å². The molecule has 2 N–H and O–H groups in total. The van der Waals surface area contributed by atoms with E-state index in [1.54, 1.807) is 23.1 Å². The second-order valence-corrected chi connectivity index (χ2v) is 7.39. The molecule has 0 saturated carbocycles. The number of carbonyl (C=O) groups excluding carboxylic acids is 1. The minimum absolute atomic E-state index is 0.0395. The molecule has 0 bridgehead atoms. The van der Waals surface area contributed by atoms with Crippen molar-refractivity contribution in [3.8, 4) is 5.75 Å². The van der Waals surface area contributed by atoms with Crippen LogP contribution in [-0.4, -0.2) is 59.1 Å². The summed E-state index contributed by atoms with van der Waals surface area (Å²) in [5.74, 6) is 0.168. The van der Waals surface area contributed by atoms with E-state index >= 15 is 0 Å². The average Bonchev–Trinajstić information content (AvgIpc) is 2.59. The Hall–Kier alpha value is -1.90. The predicted molar refractivity (Wildman–Crippen MR) is 92.3 cm³/mol. The van der Waals surface area contributed by atoms with Gasteiger partial charge in [-0.3, -0.25) is 4.79 Å². The first-order valence-electron chi connectivity index (χ1n) is 7.70. The van der Waals surface area contributed by atoms with Crippen LogP contribution in [0, 0.1) is 0 Å². The van der Waals surface area contributed by atoms with E-state index < -0.39 is 10.0 Å². The van der Waals surface area contributed by atoms with Crippen molar-refractivity contribution in [2.24, 2.45) is 0 Å².